The third kappa shape index (κ3) is 3.66. The van der Waals surface area contributed by atoms with Gasteiger partial charge in [0, 0.05) is 18.8 Å². The van der Waals surface area contributed by atoms with Crippen molar-refractivity contribution in [3.8, 4) is 0 Å². The molecule has 1 aliphatic rings. The Morgan fingerprint density at radius 1 is 1.25 bits per heavy atom. The van der Waals surface area contributed by atoms with E-state index in [0.717, 1.165) is 0 Å². The molecule has 1 saturated heterocycles. The number of carbonyl (C=O) groups excluding carboxylic acids is 1. The Morgan fingerprint density at radius 3 is 2.67 bits per heavy atom. The smallest absolute Gasteiger partial charge is 0.252 e. The minimum Gasteiger partial charge on any atom is -0.326 e. The first-order chi connectivity index (χ1) is 11.5. The number of hydrogen-bond donors (Lipinski definition) is 1. The Labute approximate surface area is 144 Å². The zero-order chi connectivity index (χ0) is 17.2. The number of thiophene rings is 1. The average Bonchev–Trinajstić information content (AvgIpc) is 3.12. The number of nitrogens with zero attached hydrogens (tertiary/aromatic N) is 1. The number of anilines is 1. The molecule has 0 saturated carbocycles. The fraction of sp³-hybridized carbons (Fsp3) is 0.312. The van der Waals surface area contributed by atoms with Gasteiger partial charge in [-0.1, -0.05) is 6.07 Å². The summed E-state index contributed by atoms with van der Waals surface area (Å²) < 4.78 is 39.7. The third-order valence-electron chi connectivity index (χ3n) is 3.96. The fourth-order valence-electron chi connectivity index (χ4n) is 2.69. The summed E-state index contributed by atoms with van der Waals surface area (Å²) in [5.74, 6) is -1.04. The molecule has 24 heavy (non-hydrogen) atoms. The van der Waals surface area contributed by atoms with Crippen LogP contribution in [0.2, 0.25) is 0 Å². The topological polar surface area (TPSA) is 66.5 Å². The van der Waals surface area contributed by atoms with Crippen molar-refractivity contribution in [3.63, 3.8) is 0 Å². The summed E-state index contributed by atoms with van der Waals surface area (Å²) in [5, 5.41) is 4.44. The highest BCUT2D eigenvalue weighted by atomic mass is 32.2. The van der Waals surface area contributed by atoms with Gasteiger partial charge in [0.25, 0.3) is 10.0 Å². The predicted octanol–water partition coefficient (Wildman–Crippen LogP) is 2.93. The third-order valence-corrected chi connectivity index (χ3v) is 7.19. The molecule has 1 amide bonds. The number of halogens is 1. The number of rotatable bonds is 4. The van der Waals surface area contributed by atoms with Gasteiger partial charge in [0.1, 0.15) is 10.0 Å². The Bertz CT molecular complexity index is 804. The summed E-state index contributed by atoms with van der Waals surface area (Å²) in [4.78, 5) is 12.4. The molecule has 0 spiro atoms. The van der Waals surface area contributed by atoms with E-state index < -0.39 is 15.9 Å². The molecule has 128 valence electrons. The lowest BCUT2D eigenvalue weighted by Gasteiger charge is -2.30. The Morgan fingerprint density at radius 2 is 2.00 bits per heavy atom. The number of amides is 1. The zero-order valence-corrected chi connectivity index (χ0v) is 14.4. The molecule has 1 aromatic carbocycles. The number of piperidine rings is 1. The summed E-state index contributed by atoms with van der Waals surface area (Å²) in [6.07, 6.45) is 1.26. The second kappa shape index (κ2) is 7.00. The van der Waals surface area contributed by atoms with E-state index in [1.54, 1.807) is 17.5 Å². The van der Waals surface area contributed by atoms with Gasteiger partial charge in [0.2, 0.25) is 5.91 Å². The molecule has 1 fully saturated rings. The molecule has 2 aromatic rings. The van der Waals surface area contributed by atoms with Crippen LogP contribution in [0.25, 0.3) is 0 Å². The number of sulfonamides is 1. The Hall–Kier alpha value is -1.77. The van der Waals surface area contributed by atoms with E-state index in [-0.39, 0.29) is 18.3 Å². The van der Waals surface area contributed by atoms with Crippen LogP contribution in [0.5, 0.6) is 0 Å². The molecule has 1 N–H and O–H groups in total. The molecule has 2 heterocycles. The van der Waals surface area contributed by atoms with Crippen molar-refractivity contribution < 1.29 is 17.6 Å². The van der Waals surface area contributed by atoms with Crippen molar-refractivity contribution in [2.75, 3.05) is 18.4 Å². The van der Waals surface area contributed by atoms with Crippen molar-refractivity contribution in [2.24, 2.45) is 5.92 Å². The van der Waals surface area contributed by atoms with Crippen LogP contribution in [0.4, 0.5) is 10.1 Å². The number of nitrogens with one attached hydrogen (secondary N) is 1. The van der Waals surface area contributed by atoms with Gasteiger partial charge in [-0.3, -0.25) is 4.79 Å². The summed E-state index contributed by atoms with van der Waals surface area (Å²) in [5.41, 5.74) is 0.500. The molecule has 8 heteroatoms. The fourth-order valence-corrected chi connectivity index (χ4v) is 5.36. The maximum Gasteiger partial charge on any atom is 0.252 e. The van der Waals surface area contributed by atoms with Crippen LogP contribution in [0.3, 0.4) is 0 Å². The van der Waals surface area contributed by atoms with E-state index in [4.69, 9.17) is 0 Å². The monoisotopic (exact) mass is 368 g/mol. The highest BCUT2D eigenvalue weighted by Crippen LogP contribution is 2.27. The van der Waals surface area contributed by atoms with Crippen LogP contribution < -0.4 is 5.32 Å². The van der Waals surface area contributed by atoms with Crippen molar-refractivity contribution in [1.82, 2.24) is 4.31 Å². The van der Waals surface area contributed by atoms with Gasteiger partial charge >= 0.3 is 0 Å². The average molecular weight is 368 g/mol. The molecule has 0 radical (unpaired) electrons. The molecule has 0 bridgehead atoms. The van der Waals surface area contributed by atoms with E-state index in [1.165, 1.54) is 39.9 Å². The molecule has 1 unspecified atom stereocenters. The van der Waals surface area contributed by atoms with E-state index in [0.29, 0.717) is 29.3 Å². The van der Waals surface area contributed by atoms with E-state index in [2.05, 4.69) is 5.32 Å². The molecule has 1 atom stereocenters. The summed E-state index contributed by atoms with van der Waals surface area (Å²) in [6.45, 7) is 0.577. The maximum absolute atomic E-state index is 12.9. The van der Waals surface area contributed by atoms with Crippen LogP contribution in [0.1, 0.15) is 12.8 Å². The Balaban J connectivity index is 1.69. The molecule has 5 nitrogen and oxygen atoms in total. The number of hydrogen-bond acceptors (Lipinski definition) is 4. The minimum absolute atomic E-state index is 0.160. The van der Waals surface area contributed by atoms with Gasteiger partial charge < -0.3 is 5.32 Å². The van der Waals surface area contributed by atoms with Crippen LogP contribution >= 0.6 is 11.3 Å². The number of benzene rings is 1. The normalized spacial score (nSPS) is 19.1. The van der Waals surface area contributed by atoms with Gasteiger partial charge in [-0.15, -0.1) is 11.3 Å². The lowest BCUT2D eigenvalue weighted by atomic mass is 9.99. The van der Waals surface area contributed by atoms with E-state index in [9.17, 15) is 17.6 Å². The molecule has 1 aliphatic heterocycles. The lowest BCUT2D eigenvalue weighted by Crippen LogP contribution is -2.43. The second-order valence-electron chi connectivity index (χ2n) is 5.63. The van der Waals surface area contributed by atoms with Crippen molar-refractivity contribution in [3.05, 3.63) is 47.6 Å². The predicted molar refractivity (Wildman–Crippen MR) is 90.8 cm³/mol. The van der Waals surface area contributed by atoms with Gasteiger partial charge in [-0.05, 0) is 48.6 Å². The Kier molecular flexibility index (Phi) is 4.98. The van der Waals surface area contributed by atoms with Crippen molar-refractivity contribution in [2.45, 2.75) is 17.1 Å². The van der Waals surface area contributed by atoms with E-state index >= 15 is 0 Å². The van der Waals surface area contributed by atoms with Gasteiger partial charge in [0.15, 0.2) is 0 Å². The van der Waals surface area contributed by atoms with Gasteiger partial charge in [0.05, 0.1) is 5.92 Å². The SMILES string of the molecule is O=C(Nc1ccc(F)cc1)C1CCCN(S(=O)(=O)c2cccs2)C1. The highest BCUT2D eigenvalue weighted by molar-refractivity contribution is 7.91. The van der Waals surface area contributed by atoms with Crippen molar-refractivity contribution >= 4 is 33.0 Å². The quantitative estimate of drug-likeness (QED) is 0.902. The van der Waals surface area contributed by atoms with Crippen LogP contribution in [-0.4, -0.2) is 31.7 Å². The summed E-state index contributed by atoms with van der Waals surface area (Å²) in [7, 11) is -3.54. The highest BCUT2D eigenvalue weighted by Gasteiger charge is 2.33. The molecule has 0 aliphatic carbocycles. The second-order valence-corrected chi connectivity index (χ2v) is 8.74. The van der Waals surface area contributed by atoms with Crippen LogP contribution in [0, 0.1) is 11.7 Å². The standard InChI is InChI=1S/C16H17FN2O3S2/c17-13-5-7-14(8-6-13)18-16(20)12-3-1-9-19(11-12)24(21,22)15-4-2-10-23-15/h2,4-8,10,12H,1,3,9,11H2,(H,18,20). The van der Waals surface area contributed by atoms with Gasteiger partial charge in [-0.25, -0.2) is 12.8 Å². The minimum atomic E-state index is -3.54. The maximum atomic E-state index is 12.9. The zero-order valence-electron chi connectivity index (χ0n) is 12.8. The summed E-state index contributed by atoms with van der Waals surface area (Å²) >= 11 is 1.17. The first-order valence-corrected chi connectivity index (χ1v) is 9.89. The molecule has 3 rings (SSSR count). The molecular weight excluding hydrogens is 351 g/mol. The van der Waals surface area contributed by atoms with E-state index in [1.807, 2.05) is 0 Å². The largest absolute Gasteiger partial charge is 0.326 e. The lowest BCUT2D eigenvalue weighted by molar-refractivity contribution is -0.120. The first-order valence-electron chi connectivity index (χ1n) is 7.57. The molecule has 1 aromatic heterocycles. The number of carbonyl (C=O) groups is 1. The molecular formula is C16H17FN2O3S2. The summed E-state index contributed by atoms with van der Waals surface area (Å²) in [6, 6.07) is 8.77. The first kappa shape index (κ1) is 17.1. The van der Waals surface area contributed by atoms with Crippen LogP contribution in [-0.2, 0) is 14.8 Å². The van der Waals surface area contributed by atoms with Gasteiger partial charge in [-0.2, -0.15) is 4.31 Å². The van der Waals surface area contributed by atoms with Crippen molar-refractivity contribution in [1.29, 1.82) is 0 Å². The van der Waals surface area contributed by atoms with Crippen LogP contribution in [0.15, 0.2) is 46.0 Å².